The third kappa shape index (κ3) is 2.25. The average molecular weight is 254 g/mol. The minimum Gasteiger partial charge on any atom is -0.481 e. The number of carboxylic acids is 1. The standard InChI is InChI=1S/C14H22O4/c1-4-14(2,3)13(17)18-11-7-8-5-9(11)10(6-8)12(15)16/h8-11H,4-7H2,1-3H3,(H,15,16). The van der Waals surface area contributed by atoms with Gasteiger partial charge >= 0.3 is 11.9 Å². The fourth-order valence-corrected chi connectivity index (χ4v) is 3.15. The van der Waals surface area contributed by atoms with Gasteiger partial charge in [0.1, 0.15) is 6.10 Å². The number of carbonyl (C=O) groups excluding carboxylic acids is 1. The van der Waals surface area contributed by atoms with E-state index < -0.39 is 11.4 Å². The van der Waals surface area contributed by atoms with E-state index in [-0.39, 0.29) is 23.9 Å². The molecule has 2 aliphatic rings. The molecule has 0 aliphatic heterocycles. The molecule has 1 N–H and O–H groups in total. The zero-order chi connectivity index (χ0) is 13.5. The lowest BCUT2D eigenvalue weighted by Crippen LogP contribution is -2.37. The summed E-state index contributed by atoms with van der Waals surface area (Å²) in [6.07, 6.45) is 3.06. The molecule has 4 heteroatoms. The van der Waals surface area contributed by atoms with Crippen molar-refractivity contribution in [1.82, 2.24) is 0 Å². The van der Waals surface area contributed by atoms with Crippen LogP contribution in [-0.2, 0) is 14.3 Å². The summed E-state index contributed by atoms with van der Waals surface area (Å²) in [6, 6.07) is 0. The normalized spacial score (nSPS) is 34.6. The molecule has 2 fully saturated rings. The Kier molecular flexibility index (Phi) is 3.39. The summed E-state index contributed by atoms with van der Waals surface area (Å²) in [5, 5.41) is 9.15. The third-order valence-corrected chi connectivity index (χ3v) is 4.76. The summed E-state index contributed by atoms with van der Waals surface area (Å²) < 4.78 is 5.58. The fourth-order valence-electron chi connectivity index (χ4n) is 3.15. The molecule has 0 saturated heterocycles. The molecule has 18 heavy (non-hydrogen) atoms. The first kappa shape index (κ1) is 13.4. The highest BCUT2D eigenvalue weighted by atomic mass is 16.5. The summed E-state index contributed by atoms with van der Waals surface area (Å²) in [6.45, 7) is 5.70. The van der Waals surface area contributed by atoms with Crippen molar-refractivity contribution in [3.63, 3.8) is 0 Å². The Morgan fingerprint density at radius 3 is 2.44 bits per heavy atom. The lowest BCUT2D eigenvalue weighted by Gasteiger charge is -2.30. The SMILES string of the molecule is CCC(C)(C)C(=O)OC1CC2CC(C(=O)O)C1C2. The number of hydrogen-bond acceptors (Lipinski definition) is 3. The van der Waals surface area contributed by atoms with Crippen molar-refractivity contribution in [1.29, 1.82) is 0 Å². The number of hydrogen-bond donors (Lipinski definition) is 1. The second-order valence-corrected chi connectivity index (χ2v) is 6.36. The van der Waals surface area contributed by atoms with Crippen molar-refractivity contribution in [2.45, 2.75) is 52.6 Å². The molecule has 0 radical (unpaired) electrons. The molecule has 0 heterocycles. The van der Waals surface area contributed by atoms with E-state index in [4.69, 9.17) is 9.84 Å². The van der Waals surface area contributed by atoms with Gasteiger partial charge in [0.15, 0.2) is 0 Å². The molecule has 0 aromatic heterocycles. The van der Waals surface area contributed by atoms with E-state index in [9.17, 15) is 9.59 Å². The zero-order valence-corrected chi connectivity index (χ0v) is 11.3. The van der Waals surface area contributed by atoms with E-state index in [1.807, 2.05) is 20.8 Å². The second kappa shape index (κ2) is 4.56. The third-order valence-electron chi connectivity index (χ3n) is 4.76. The maximum absolute atomic E-state index is 12.0. The highest BCUT2D eigenvalue weighted by molar-refractivity contribution is 5.76. The number of ether oxygens (including phenoxy) is 1. The lowest BCUT2D eigenvalue weighted by molar-refractivity contribution is -0.166. The van der Waals surface area contributed by atoms with Gasteiger partial charge in [0.05, 0.1) is 11.3 Å². The smallest absolute Gasteiger partial charge is 0.311 e. The van der Waals surface area contributed by atoms with Crippen LogP contribution in [-0.4, -0.2) is 23.1 Å². The first-order chi connectivity index (χ1) is 8.35. The molecular weight excluding hydrogens is 232 g/mol. The maximum atomic E-state index is 12.0. The van der Waals surface area contributed by atoms with Gasteiger partial charge in [-0.3, -0.25) is 9.59 Å². The van der Waals surface area contributed by atoms with Crippen LogP contribution in [0, 0.1) is 23.2 Å². The largest absolute Gasteiger partial charge is 0.481 e. The van der Waals surface area contributed by atoms with E-state index in [1.54, 1.807) is 0 Å². The highest BCUT2D eigenvalue weighted by Crippen LogP contribution is 2.50. The van der Waals surface area contributed by atoms with Gasteiger partial charge in [-0.25, -0.2) is 0 Å². The summed E-state index contributed by atoms with van der Waals surface area (Å²) in [5.41, 5.74) is -0.472. The first-order valence-corrected chi connectivity index (χ1v) is 6.79. The quantitative estimate of drug-likeness (QED) is 0.783. The second-order valence-electron chi connectivity index (χ2n) is 6.36. The van der Waals surface area contributed by atoms with Gasteiger partial charge in [-0.2, -0.15) is 0 Å². The molecule has 0 aromatic carbocycles. The highest BCUT2D eigenvalue weighted by Gasteiger charge is 2.51. The minimum absolute atomic E-state index is 0.0316. The van der Waals surface area contributed by atoms with Crippen LogP contribution >= 0.6 is 0 Å². The summed E-state index contributed by atoms with van der Waals surface area (Å²) in [7, 11) is 0. The number of carbonyl (C=O) groups is 2. The molecule has 102 valence electrons. The minimum atomic E-state index is -0.738. The van der Waals surface area contributed by atoms with Gasteiger partial charge in [-0.05, 0) is 45.4 Å². The molecule has 4 atom stereocenters. The van der Waals surface area contributed by atoms with Crippen molar-refractivity contribution in [3.8, 4) is 0 Å². The van der Waals surface area contributed by atoms with Crippen molar-refractivity contribution >= 4 is 11.9 Å². The number of aliphatic carboxylic acids is 1. The molecule has 2 saturated carbocycles. The fraction of sp³-hybridized carbons (Fsp3) is 0.857. The van der Waals surface area contributed by atoms with Crippen LogP contribution < -0.4 is 0 Å². The van der Waals surface area contributed by atoms with E-state index in [2.05, 4.69) is 0 Å². The summed E-state index contributed by atoms with van der Waals surface area (Å²) >= 11 is 0. The molecule has 4 unspecified atom stereocenters. The van der Waals surface area contributed by atoms with Crippen LogP contribution in [0.5, 0.6) is 0 Å². The predicted molar refractivity (Wildman–Crippen MR) is 65.9 cm³/mol. The Balaban J connectivity index is 2.00. The molecular formula is C14H22O4. The number of carboxylic acid groups (broad SMARTS) is 1. The Hall–Kier alpha value is -1.06. The van der Waals surface area contributed by atoms with Gasteiger partial charge in [-0.15, -0.1) is 0 Å². The first-order valence-electron chi connectivity index (χ1n) is 6.79. The molecule has 0 aromatic rings. The van der Waals surface area contributed by atoms with Crippen molar-refractivity contribution in [2.75, 3.05) is 0 Å². The van der Waals surface area contributed by atoms with Crippen molar-refractivity contribution in [2.24, 2.45) is 23.2 Å². The van der Waals surface area contributed by atoms with E-state index in [0.29, 0.717) is 5.92 Å². The van der Waals surface area contributed by atoms with E-state index >= 15 is 0 Å². The summed E-state index contributed by atoms with van der Waals surface area (Å²) in [4.78, 5) is 23.2. The van der Waals surface area contributed by atoms with Gasteiger partial charge in [0.25, 0.3) is 0 Å². The van der Waals surface area contributed by atoms with Crippen LogP contribution in [0.15, 0.2) is 0 Å². The predicted octanol–water partition coefficient (Wildman–Crippen LogP) is 2.47. The molecule has 0 spiro atoms. The topological polar surface area (TPSA) is 63.6 Å². The van der Waals surface area contributed by atoms with Crippen LogP contribution in [0.4, 0.5) is 0 Å². The number of fused-ring (bicyclic) bond motifs is 2. The monoisotopic (exact) mass is 254 g/mol. The molecule has 2 bridgehead atoms. The Bertz CT molecular complexity index is 361. The zero-order valence-electron chi connectivity index (χ0n) is 11.3. The number of rotatable bonds is 4. The van der Waals surface area contributed by atoms with Crippen LogP contribution in [0.25, 0.3) is 0 Å². The van der Waals surface area contributed by atoms with Gasteiger partial charge < -0.3 is 9.84 Å². The molecule has 2 rings (SSSR count). The lowest BCUT2D eigenvalue weighted by atomic mass is 9.86. The van der Waals surface area contributed by atoms with Crippen molar-refractivity contribution in [3.05, 3.63) is 0 Å². The molecule has 0 amide bonds. The molecule has 2 aliphatic carbocycles. The van der Waals surface area contributed by atoms with Gasteiger partial charge in [0, 0.05) is 5.92 Å². The van der Waals surface area contributed by atoms with Crippen LogP contribution in [0.1, 0.15) is 46.5 Å². The molecule has 4 nitrogen and oxygen atoms in total. The van der Waals surface area contributed by atoms with E-state index in [1.165, 1.54) is 0 Å². The average Bonchev–Trinajstić information content (AvgIpc) is 2.88. The van der Waals surface area contributed by atoms with E-state index in [0.717, 1.165) is 25.7 Å². The van der Waals surface area contributed by atoms with Crippen molar-refractivity contribution < 1.29 is 19.4 Å². The maximum Gasteiger partial charge on any atom is 0.311 e. The summed E-state index contributed by atoms with van der Waals surface area (Å²) in [5.74, 6) is -0.779. The van der Waals surface area contributed by atoms with Crippen LogP contribution in [0.3, 0.4) is 0 Å². The Morgan fingerprint density at radius 2 is 1.94 bits per heavy atom. The van der Waals surface area contributed by atoms with Crippen LogP contribution in [0.2, 0.25) is 0 Å². The Labute approximate surface area is 108 Å². The Morgan fingerprint density at radius 1 is 1.28 bits per heavy atom. The van der Waals surface area contributed by atoms with Gasteiger partial charge in [0.2, 0.25) is 0 Å². The number of esters is 1. The van der Waals surface area contributed by atoms with Gasteiger partial charge in [-0.1, -0.05) is 6.92 Å².